The molecular weight excluding hydrogens is 224 g/mol. The quantitative estimate of drug-likeness (QED) is 0.657. The van der Waals surface area contributed by atoms with Gasteiger partial charge in [0.2, 0.25) is 0 Å². The first kappa shape index (κ1) is 13.1. The van der Waals surface area contributed by atoms with Crippen molar-refractivity contribution >= 4 is 10.9 Å². The van der Waals surface area contributed by atoms with E-state index in [-0.39, 0.29) is 6.10 Å². The van der Waals surface area contributed by atoms with Crippen LogP contribution in [0.1, 0.15) is 25.3 Å². The topological polar surface area (TPSA) is 48.0 Å². The van der Waals surface area contributed by atoms with Crippen LogP contribution < -0.4 is 5.32 Å². The molecule has 18 heavy (non-hydrogen) atoms. The number of para-hydroxylation sites is 1. The van der Waals surface area contributed by atoms with Crippen LogP contribution >= 0.6 is 0 Å². The summed E-state index contributed by atoms with van der Waals surface area (Å²) in [6.07, 6.45) is 4.40. The Bertz CT molecular complexity index is 478. The first-order valence-electron chi connectivity index (χ1n) is 6.75. The molecule has 0 fully saturated rings. The molecule has 0 saturated heterocycles. The summed E-state index contributed by atoms with van der Waals surface area (Å²) in [5, 5.41) is 14.6. The number of aromatic nitrogens is 1. The second-order valence-corrected chi connectivity index (χ2v) is 4.76. The summed E-state index contributed by atoms with van der Waals surface area (Å²) < 4.78 is 0. The van der Waals surface area contributed by atoms with Crippen molar-refractivity contribution in [1.29, 1.82) is 0 Å². The van der Waals surface area contributed by atoms with Crippen molar-refractivity contribution in [2.45, 2.75) is 32.3 Å². The molecule has 3 nitrogen and oxygen atoms in total. The maximum absolute atomic E-state index is 10.0. The van der Waals surface area contributed by atoms with Gasteiger partial charge in [-0.3, -0.25) is 0 Å². The van der Waals surface area contributed by atoms with Gasteiger partial charge >= 0.3 is 0 Å². The van der Waals surface area contributed by atoms with Crippen LogP contribution in [0.3, 0.4) is 0 Å². The summed E-state index contributed by atoms with van der Waals surface area (Å²) >= 11 is 0. The summed E-state index contributed by atoms with van der Waals surface area (Å²) in [6, 6.07) is 8.22. The summed E-state index contributed by atoms with van der Waals surface area (Å²) in [5.74, 6) is 0. The number of benzene rings is 1. The number of fused-ring (bicyclic) bond motifs is 1. The number of rotatable bonds is 7. The van der Waals surface area contributed by atoms with Gasteiger partial charge in [0.1, 0.15) is 0 Å². The maximum atomic E-state index is 10.0. The van der Waals surface area contributed by atoms with Gasteiger partial charge in [0.05, 0.1) is 6.10 Å². The SMILES string of the molecule is CCCNCCC(O)Cc1c[nH]c2ccccc12. The van der Waals surface area contributed by atoms with Crippen molar-refractivity contribution in [1.82, 2.24) is 10.3 Å². The molecule has 1 aromatic heterocycles. The minimum Gasteiger partial charge on any atom is -0.393 e. The smallest absolute Gasteiger partial charge is 0.0593 e. The lowest BCUT2D eigenvalue weighted by atomic mass is 10.0. The van der Waals surface area contributed by atoms with Crippen LogP contribution in [0, 0.1) is 0 Å². The highest BCUT2D eigenvalue weighted by Crippen LogP contribution is 2.19. The number of H-pyrrole nitrogens is 1. The van der Waals surface area contributed by atoms with E-state index in [1.807, 2.05) is 18.3 Å². The molecule has 1 aromatic carbocycles. The van der Waals surface area contributed by atoms with Gasteiger partial charge in [0, 0.05) is 23.5 Å². The average Bonchev–Trinajstić information content (AvgIpc) is 2.78. The fraction of sp³-hybridized carbons (Fsp3) is 0.467. The van der Waals surface area contributed by atoms with E-state index < -0.39 is 0 Å². The molecule has 3 heteroatoms. The highest BCUT2D eigenvalue weighted by atomic mass is 16.3. The first-order valence-corrected chi connectivity index (χ1v) is 6.75. The molecule has 0 aliphatic carbocycles. The molecular formula is C15H22N2O. The van der Waals surface area contributed by atoms with Crippen molar-refractivity contribution in [3.8, 4) is 0 Å². The van der Waals surface area contributed by atoms with Crippen LogP contribution in [0.4, 0.5) is 0 Å². The van der Waals surface area contributed by atoms with E-state index in [1.165, 1.54) is 10.9 Å². The van der Waals surface area contributed by atoms with Crippen LogP contribution in [-0.2, 0) is 6.42 Å². The van der Waals surface area contributed by atoms with Gasteiger partial charge in [-0.05, 0) is 37.6 Å². The van der Waals surface area contributed by atoms with E-state index in [0.717, 1.165) is 37.9 Å². The summed E-state index contributed by atoms with van der Waals surface area (Å²) in [7, 11) is 0. The minimum atomic E-state index is -0.270. The lowest BCUT2D eigenvalue weighted by Gasteiger charge is -2.10. The Balaban J connectivity index is 1.88. The normalized spacial score (nSPS) is 13.0. The third kappa shape index (κ3) is 3.34. The van der Waals surface area contributed by atoms with E-state index in [0.29, 0.717) is 0 Å². The molecule has 0 aliphatic rings. The molecule has 98 valence electrons. The Morgan fingerprint density at radius 3 is 2.94 bits per heavy atom. The monoisotopic (exact) mass is 246 g/mol. The molecule has 1 heterocycles. The zero-order chi connectivity index (χ0) is 12.8. The lowest BCUT2D eigenvalue weighted by molar-refractivity contribution is 0.164. The third-order valence-corrected chi connectivity index (χ3v) is 3.21. The Labute approximate surface area is 108 Å². The van der Waals surface area contributed by atoms with Crippen LogP contribution in [0.25, 0.3) is 10.9 Å². The lowest BCUT2D eigenvalue weighted by Crippen LogP contribution is -2.22. The summed E-state index contributed by atoms with van der Waals surface area (Å²) in [6.45, 7) is 4.06. The predicted octanol–water partition coefficient (Wildman–Crippen LogP) is 2.46. The number of hydrogen-bond acceptors (Lipinski definition) is 2. The standard InChI is InChI=1S/C15H22N2O/c1-2-8-16-9-7-13(18)10-12-11-17-15-6-4-3-5-14(12)15/h3-6,11,13,16-18H,2,7-10H2,1H3. The Kier molecular flexibility index (Phi) is 4.79. The van der Waals surface area contributed by atoms with Crippen molar-refractivity contribution in [2.24, 2.45) is 0 Å². The van der Waals surface area contributed by atoms with Crippen LogP contribution in [0.15, 0.2) is 30.5 Å². The van der Waals surface area contributed by atoms with E-state index in [9.17, 15) is 5.11 Å². The van der Waals surface area contributed by atoms with E-state index in [4.69, 9.17) is 0 Å². The van der Waals surface area contributed by atoms with E-state index in [2.05, 4.69) is 29.4 Å². The largest absolute Gasteiger partial charge is 0.393 e. The highest BCUT2D eigenvalue weighted by molar-refractivity contribution is 5.83. The summed E-state index contributed by atoms with van der Waals surface area (Å²) in [4.78, 5) is 3.24. The molecule has 0 aliphatic heterocycles. The van der Waals surface area contributed by atoms with Gasteiger partial charge in [-0.1, -0.05) is 25.1 Å². The number of hydrogen-bond donors (Lipinski definition) is 3. The molecule has 0 radical (unpaired) electrons. The number of aliphatic hydroxyl groups is 1. The molecule has 3 N–H and O–H groups in total. The molecule has 1 unspecified atom stereocenters. The first-order chi connectivity index (χ1) is 8.81. The molecule has 1 atom stereocenters. The second-order valence-electron chi connectivity index (χ2n) is 4.76. The molecule has 0 saturated carbocycles. The van der Waals surface area contributed by atoms with Gasteiger partial charge < -0.3 is 15.4 Å². The number of aliphatic hydroxyl groups excluding tert-OH is 1. The fourth-order valence-electron chi connectivity index (χ4n) is 2.23. The zero-order valence-corrected chi connectivity index (χ0v) is 10.9. The van der Waals surface area contributed by atoms with Crippen molar-refractivity contribution < 1.29 is 5.11 Å². The Hall–Kier alpha value is -1.32. The zero-order valence-electron chi connectivity index (χ0n) is 10.9. The molecule has 0 amide bonds. The third-order valence-electron chi connectivity index (χ3n) is 3.21. The average molecular weight is 246 g/mol. The van der Waals surface area contributed by atoms with Crippen LogP contribution in [0.2, 0.25) is 0 Å². The maximum Gasteiger partial charge on any atom is 0.0593 e. The molecule has 2 rings (SSSR count). The van der Waals surface area contributed by atoms with Gasteiger partial charge in [-0.15, -0.1) is 0 Å². The fourth-order valence-corrected chi connectivity index (χ4v) is 2.23. The van der Waals surface area contributed by atoms with Gasteiger partial charge in [-0.25, -0.2) is 0 Å². The predicted molar refractivity (Wildman–Crippen MR) is 75.8 cm³/mol. The van der Waals surface area contributed by atoms with Crippen molar-refractivity contribution in [3.05, 3.63) is 36.0 Å². The Morgan fingerprint density at radius 1 is 1.28 bits per heavy atom. The van der Waals surface area contributed by atoms with E-state index in [1.54, 1.807) is 0 Å². The minimum absolute atomic E-state index is 0.270. The van der Waals surface area contributed by atoms with Crippen molar-refractivity contribution in [3.63, 3.8) is 0 Å². The highest BCUT2D eigenvalue weighted by Gasteiger charge is 2.09. The van der Waals surface area contributed by atoms with Crippen molar-refractivity contribution in [2.75, 3.05) is 13.1 Å². The second kappa shape index (κ2) is 6.57. The van der Waals surface area contributed by atoms with Crippen LogP contribution in [-0.4, -0.2) is 29.3 Å². The van der Waals surface area contributed by atoms with Crippen LogP contribution in [0.5, 0.6) is 0 Å². The molecule has 0 bridgehead atoms. The number of aromatic amines is 1. The summed E-state index contributed by atoms with van der Waals surface area (Å²) in [5.41, 5.74) is 2.34. The number of nitrogens with one attached hydrogen (secondary N) is 2. The molecule has 2 aromatic rings. The van der Waals surface area contributed by atoms with Gasteiger partial charge in [0.15, 0.2) is 0 Å². The van der Waals surface area contributed by atoms with E-state index >= 15 is 0 Å². The molecule has 0 spiro atoms. The Morgan fingerprint density at radius 2 is 2.11 bits per heavy atom. The van der Waals surface area contributed by atoms with Gasteiger partial charge in [-0.2, -0.15) is 0 Å². The van der Waals surface area contributed by atoms with Gasteiger partial charge in [0.25, 0.3) is 0 Å².